The molecule has 0 radical (unpaired) electrons. The molecule has 11 nitrogen and oxygen atoms in total. The van der Waals surface area contributed by atoms with E-state index in [4.69, 9.17) is 27.9 Å². The quantitative estimate of drug-likeness (QED) is 0.184. The smallest absolute Gasteiger partial charge is 0.271 e. The summed E-state index contributed by atoms with van der Waals surface area (Å²) < 4.78 is 32.2. The second kappa shape index (κ2) is 15.2. The molecule has 0 aliphatic carbocycles. The number of methoxy groups -OCH3 is 1. The number of hydrogen-bond acceptors (Lipinski definition) is 7. The predicted octanol–water partition coefficient (Wildman–Crippen LogP) is 5.23. The van der Waals surface area contributed by atoms with Crippen molar-refractivity contribution in [3.05, 3.63) is 98.0 Å². The average molecular weight is 666 g/mol. The van der Waals surface area contributed by atoms with E-state index in [1.807, 2.05) is 32.0 Å². The maximum atomic E-state index is 14.3. The largest absolute Gasteiger partial charge is 0.495 e. The van der Waals surface area contributed by atoms with Crippen LogP contribution in [0.15, 0.2) is 66.7 Å². The molecule has 0 bridgehead atoms. The molecule has 0 spiro atoms. The van der Waals surface area contributed by atoms with Gasteiger partial charge in [0.25, 0.3) is 5.69 Å². The Balaban J connectivity index is 2.16. The van der Waals surface area contributed by atoms with Crippen molar-refractivity contribution in [3.8, 4) is 5.75 Å². The van der Waals surface area contributed by atoms with Gasteiger partial charge in [0.15, 0.2) is 0 Å². The van der Waals surface area contributed by atoms with E-state index >= 15 is 0 Å². The molecule has 14 heteroatoms. The summed E-state index contributed by atoms with van der Waals surface area (Å²) in [6, 6.07) is 15.9. The van der Waals surface area contributed by atoms with Crippen LogP contribution in [-0.2, 0) is 32.6 Å². The molecule has 2 atom stereocenters. The maximum absolute atomic E-state index is 14.3. The number of halogens is 2. The number of hydrogen-bond donors (Lipinski definition) is 1. The predicted molar refractivity (Wildman–Crippen MR) is 171 cm³/mol. The Morgan fingerprint density at radius 1 is 1.07 bits per heavy atom. The Morgan fingerprint density at radius 2 is 1.75 bits per heavy atom. The highest BCUT2D eigenvalue weighted by Gasteiger charge is 2.35. The number of nitrogens with one attached hydrogen (secondary N) is 1. The van der Waals surface area contributed by atoms with Gasteiger partial charge in [-0.2, -0.15) is 0 Å². The minimum absolute atomic E-state index is 0.00327. The Kier molecular flexibility index (Phi) is 12.0. The number of amides is 2. The van der Waals surface area contributed by atoms with Gasteiger partial charge in [0.1, 0.15) is 24.0 Å². The lowest BCUT2D eigenvalue weighted by Crippen LogP contribution is -2.54. The normalized spacial score (nSPS) is 12.6. The first-order valence-electron chi connectivity index (χ1n) is 13.6. The molecule has 2 amide bonds. The van der Waals surface area contributed by atoms with Gasteiger partial charge in [-0.25, -0.2) is 8.42 Å². The van der Waals surface area contributed by atoms with Gasteiger partial charge in [0.2, 0.25) is 21.8 Å². The Bertz CT molecular complexity index is 1610. The molecule has 0 aliphatic heterocycles. The molecule has 0 heterocycles. The number of nitrogens with zero attached hydrogens (tertiary/aromatic N) is 3. The van der Waals surface area contributed by atoms with Crippen LogP contribution in [0, 0.1) is 10.1 Å². The number of anilines is 1. The Morgan fingerprint density at radius 3 is 2.32 bits per heavy atom. The second-order valence-corrected chi connectivity index (χ2v) is 12.9. The molecule has 3 aromatic rings. The summed E-state index contributed by atoms with van der Waals surface area (Å²) in [6.07, 6.45) is 1.62. The third kappa shape index (κ3) is 9.07. The van der Waals surface area contributed by atoms with E-state index in [1.54, 1.807) is 24.3 Å². The third-order valence-corrected chi connectivity index (χ3v) is 8.66. The lowest BCUT2D eigenvalue weighted by atomic mass is 10.0. The molecule has 0 aliphatic rings. The van der Waals surface area contributed by atoms with Crippen molar-refractivity contribution in [2.45, 2.75) is 45.3 Å². The van der Waals surface area contributed by atoms with E-state index in [9.17, 15) is 28.1 Å². The molecule has 0 aromatic heterocycles. The molecule has 3 aromatic carbocycles. The molecule has 0 saturated heterocycles. The highest BCUT2D eigenvalue weighted by atomic mass is 35.5. The summed E-state index contributed by atoms with van der Waals surface area (Å²) >= 11 is 12.6. The number of rotatable bonds is 14. The first-order valence-corrected chi connectivity index (χ1v) is 16.2. The van der Waals surface area contributed by atoms with Crippen LogP contribution < -0.4 is 14.4 Å². The molecular formula is C30H34Cl2N4O7S. The van der Waals surface area contributed by atoms with E-state index in [2.05, 4.69) is 5.32 Å². The molecule has 0 unspecified atom stereocenters. The number of carbonyl (C=O) groups excluding carboxylic acids is 2. The van der Waals surface area contributed by atoms with Crippen LogP contribution in [0.25, 0.3) is 0 Å². The minimum atomic E-state index is -4.20. The zero-order chi connectivity index (χ0) is 32.6. The van der Waals surface area contributed by atoms with Crippen molar-refractivity contribution < 1.29 is 27.7 Å². The van der Waals surface area contributed by atoms with Gasteiger partial charge in [-0.05, 0) is 42.7 Å². The standard InChI is InChI=1S/C30H34Cl2N4O7S/c1-5-20(2)33-30(38)27(15-21-9-7-6-8-10-21)34(18-22-11-12-23(31)16-25(22)32)29(37)19-35(44(4,41)42)26-17-24(36(39)40)13-14-28(26)43-3/h6-14,16-17,20,27H,5,15,18-19H2,1-4H3,(H,33,38)/t20-,27-/m1/s1. The average Bonchev–Trinajstić information content (AvgIpc) is 2.97. The number of non-ortho nitro benzene ring substituents is 1. The number of nitro groups is 1. The molecule has 0 fully saturated rings. The maximum Gasteiger partial charge on any atom is 0.271 e. The molecule has 1 N–H and O–H groups in total. The van der Waals surface area contributed by atoms with Crippen LogP contribution in [0.3, 0.4) is 0 Å². The van der Waals surface area contributed by atoms with E-state index in [0.717, 1.165) is 28.3 Å². The van der Waals surface area contributed by atoms with E-state index in [1.165, 1.54) is 24.1 Å². The van der Waals surface area contributed by atoms with Crippen LogP contribution in [-0.4, -0.2) is 62.0 Å². The van der Waals surface area contributed by atoms with E-state index < -0.39 is 45.0 Å². The molecule has 3 rings (SSSR count). The van der Waals surface area contributed by atoms with E-state index in [0.29, 0.717) is 17.0 Å². The summed E-state index contributed by atoms with van der Waals surface area (Å²) in [6.45, 7) is 2.79. The summed E-state index contributed by atoms with van der Waals surface area (Å²) in [4.78, 5) is 40.1. The highest BCUT2D eigenvalue weighted by Crippen LogP contribution is 2.34. The summed E-state index contributed by atoms with van der Waals surface area (Å²) in [5, 5.41) is 15.1. The number of nitro benzene ring substituents is 1. The first kappa shape index (κ1) is 34.6. The van der Waals surface area contributed by atoms with E-state index in [-0.39, 0.29) is 35.5 Å². The van der Waals surface area contributed by atoms with Crippen LogP contribution in [0.4, 0.5) is 11.4 Å². The Hall–Kier alpha value is -3.87. The lowest BCUT2D eigenvalue weighted by molar-refractivity contribution is -0.384. The molecular weight excluding hydrogens is 631 g/mol. The fourth-order valence-electron chi connectivity index (χ4n) is 4.41. The van der Waals surface area contributed by atoms with Crippen molar-refractivity contribution in [1.82, 2.24) is 10.2 Å². The highest BCUT2D eigenvalue weighted by molar-refractivity contribution is 7.92. The van der Waals surface area contributed by atoms with Crippen molar-refractivity contribution in [3.63, 3.8) is 0 Å². The topological polar surface area (TPSA) is 139 Å². The zero-order valence-electron chi connectivity index (χ0n) is 24.7. The van der Waals surface area contributed by atoms with Gasteiger partial charge in [0.05, 0.1) is 18.3 Å². The van der Waals surface area contributed by atoms with Gasteiger partial charge >= 0.3 is 0 Å². The van der Waals surface area contributed by atoms with Gasteiger partial charge in [-0.15, -0.1) is 0 Å². The van der Waals surface area contributed by atoms with Gasteiger partial charge in [-0.3, -0.25) is 24.0 Å². The van der Waals surface area contributed by atoms with Crippen molar-refractivity contribution in [2.24, 2.45) is 0 Å². The Labute approximate surface area is 266 Å². The number of carbonyl (C=O) groups is 2. The fraction of sp³-hybridized carbons (Fsp3) is 0.333. The monoisotopic (exact) mass is 664 g/mol. The molecule has 236 valence electrons. The van der Waals surface area contributed by atoms with Crippen molar-refractivity contribution >= 4 is 56.4 Å². The van der Waals surface area contributed by atoms with Crippen molar-refractivity contribution in [2.75, 3.05) is 24.2 Å². The first-order chi connectivity index (χ1) is 20.7. The summed E-state index contributed by atoms with van der Waals surface area (Å²) in [7, 11) is -2.92. The lowest BCUT2D eigenvalue weighted by Gasteiger charge is -2.34. The summed E-state index contributed by atoms with van der Waals surface area (Å²) in [5.41, 5.74) is 0.627. The van der Waals surface area contributed by atoms with Gasteiger partial charge in [0, 0.05) is 41.2 Å². The third-order valence-electron chi connectivity index (χ3n) is 6.95. The number of benzene rings is 3. The van der Waals surface area contributed by atoms with Crippen LogP contribution >= 0.6 is 23.2 Å². The van der Waals surface area contributed by atoms with Gasteiger partial charge in [-0.1, -0.05) is 66.5 Å². The molecule has 44 heavy (non-hydrogen) atoms. The van der Waals surface area contributed by atoms with Crippen molar-refractivity contribution in [1.29, 1.82) is 0 Å². The summed E-state index contributed by atoms with van der Waals surface area (Å²) in [5.74, 6) is -1.20. The number of ether oxygens (including phenoxy) is 1. The van der Waals surface area contributed by atoms with Crippen LogP contribution in [0.5, 0.6) is 5.75 Å². The van der Waals surface area contributed by atoms with Gasteiger partial charge < -0.3 is 15.0 Å². The zero-order valence-corrected chi connectivity index (χ0v) is 27.0. The number of sulfonamides is 1. The SMILES string of the molecule is CC[C@@H](C)NC(=O)[C@@H](Cc1ccccc1)N(Cc1ccc(Cl)cc1Cl)C(=O)CN(c1cc([N+](=O)[O-])ccc1OC)S(C)(=O)=O. The second-order valence-electron chi connectivity index (χ2n) is 10.2. The molecule has 0 saturated carbocycles. The van der Waals surface area contributed by atoms with Crippen LogP contribution in [0.1, 0.15) is 31.4 Å². The van der Waals surface area contributed by atoms with Crippen LogP contribution in [0.2, 0.25) is 10.0 Å². The fourth-order valence-corrected chi connectivity index (χ4v) is 5.72. The minimum Gasteiger partial charge on any atom is -0.495 e.